The number of H-pyrrole nitrogens is 1. The Balaban J connectivity index is 2.43. The summed E-state index contributed by atoms with van der Waals surface area (Å²) >= 11 is 0. The van der Waals surface area contributed by atoms with Gasteiger partial charge < -0.3 is 9.52 Å². The molecule has 7 nitrogen and oxygen atoms in total. The lowest BCUT2D eigenvalue weighted by atomic mass is 10.3. The maximum absolute atomic E-state index is 10.4. The summed E-state index contributed by atoms with van der Waals surface area (Å²) in [7, 11) is 0. The Kier molecular flexibility index (Phi) is 1.77. The third-order valence-corrected chi connectivity index (χ3v) is 1.67. The number of nitrogens with zero attached hydrogens (tertiary/aromatic N) is 3. The van der Waals surface area contributed by atoms with Crippen LogP contribution in [0.2, 0.25) is 0 Å². The molecule has 2 aromatic rings. The summed E-state index contributed by atoms with van der Waals surface area (Å²) in [5, 5.41) is 21.9. The monoisotopic (exact) mass is 194 g/mol. The highest BCUT2D eigenvalue weighted by molar-refractivity contribution is 5.82. The van der Waals surface area contributed by atoms with E-state index in [4.69, 9.17) is 9.52 Å². The molecular formula is C7H6N4O3. The standard InChI is InChI=1S/C7H6N4O3/c1-3-4(2-8-9-3)5-10-11-6(14-5)7(12)13/h2H,1H3,(H,8,9)(H,12,13). The molecule has 2 heterocycles. The fraction of sp³-hybridized carbons (Fsp3) is 0.143. The Morgan fingerprint density at radius 1 is 1.57 bits per heavy atom. The van der Waals surface area contributed by atoms with Crippen LogP contribution >= 0.6 is 0 Å². The summed E-state index contributed by atoms with van der Waals surface area (Å²) in [6.45, 7) is 1.77. The Labute approximate surface area is 77.8 Å². The van der Waals surface area contributed by atoms with Crippen LogP contribution in [-0.2, 0) is 0 Å². The Morgan fingerprint density at radius 2 is 2.36 bits per heavy atom. The van der Waals surface area contributed by atoms with Crippen molar-refractivity contribution in [3.8, 4) is 11.5 Å². The first kappa shape index (κ1) is 8.42. The van der Waals surface area contributed by atoms with Gasteiger partial charge in [0.25, 0.3) is 5.89 Å². The van der Waals surface area contributed by atoms with Crippen molar-refractivity contribution in [3.05, 3.63) is 17.8 Å². The second-order valence-electron chi connectivity index (χ2n) is 2.63. The lowest BCUT2D eigenvalue weighted by Crippen LogP contribution is -1.95. The van der Waals surface area contributed by atoms with Gasteiger partial charge in [-0.1, -0.05) is 0 Å². The molecule has 0 fully saturated rings. The molecule has 14 heavy (non-hydrogen) atoms. The minimum Gasteiger partial charge on any atom is -0.474 e. The van der Waals surface area contributed by atoms with Crippen molar-refractivity contribution in [2.75, 3.05) is 0 Å². The predicted molar refractivity (Wildman–Crippen MR) is 43.6 cm³/mol. The number of aromatic nitrogens is 4. The van der Waals surface area contributed by atoms with E-state index in [1.165, 1.54) is 6.20 Å². The van der Waals surface area contributed by atoms with E-state index in [1.807, 2.05) is 0 Å². The summed E-state index contributed by atoms with van der Waals surface area (Å²) in [5.41, 5.74) is 1.34. The normalized spacial score (nSPS) is 10.4. The number of carboxylic acids is 1. The molecule has 2 aromatic heterocycles. The Hall–Kier alpha value is -2.18. The molecule has 72 valence electrons. The van der Waals surface area contributed by atoms with Crippen LogP contribution in [0.15, 0.2) is 10.6 Å². The van der Waals surface area contributed by atoms with Gasteiger partial charge in [0.05, 0.1) is 11.8 Å². The van der Waals surface area contributed by atoms with E-state index in [0.717, 1.165) is 5.69 Å². The molecule has 0 aromatic carbocycles. The first-order valence-electron chi connectivity index (χ1n) is 3.75. The molecular weight excluding hydrogens is 188 g/mol. The van der Waals surface area contributed by atoms with Gasteiger partial charge in [0.2, 0.25) is 0 Å². The van der Waals surface area contributed by atoms with E-state index in [2.05, 4.69) is 20.4 Å². The Bertz CT molecular complexity index is 473. The third-order valence-electron chi connectivity index (χ3n) is 1.67. The molecule has 0 aliphatic heterocycles. The largest absolute Gasteiger partial charge is 0.474 e. The number of rotatable bonds is 2. The smallest absolute Gasteiger partial charge is 0.393 e. The summed E-state index contributed by atoms with van der Waals surface area (Å²) in [5.74, 6) is -1.53. The molecule has 0 radical (unpaired) electrons. The van der Waals surface area contributed by atoms with Crippen molar-refractivity contribution in [1.29, 1.82) is 0 Å². The zero-order chi connectivity index (χ0) is 10.1. The number of hydrogen-bond donors (Lipinski definition) is 2. The van der Waals surface area contributed by atoms with Crippen molar-refractivity contribution in [3.63, 3.8) is 0 Å². The number of nitrogens with one attached hydrogen (secondary N) is 1. The fourth-order valence-electron chi connectivity index (χ4n) is 0.985. The highest BCUT2D eigenvalue weighted by Crippen LogP contribution is 2.19. The van der Waals surface area contributed by atoms with Crippen LogP contribution in [-0.4, -0.2) is 31.5 Å². The first-order valence-corrected chi connectivity index (χ1v) is 3.75. The highest BCUT2D eigenvalue weighted by Gasteiger charge is 2.16. The molecule has 0 bridgehead atoms. The number of carbonyl (C=O) groups is 1. The molecule has 2 rings (SSSR count). The van der Waals surface area contributed by atoms with Gasteiger partial charge in [-0.05, 0) is 6.92 Å². The predicted octanol–water partition coefficient (Wildman–Crippen LogP) is 0.466. The van der Waals surface area contributed by atoms with E-state index in [0.29, 0.717) is 5.56 Å². The van der Waals surface area contributed by atoms with Gasteiger partial charge in [-0.15, -0.1) is 10.2 Å². The molecule has 0 aliphatic rings. The minimum absolute atomic E-state index is 0.147. The molecule has 0 saturated carbocycles. The zero-order valence-electron chi connectivity index (χ0n) is 7.18. The third kappa shape index (κ3) is 1.24. The van der Waals surface area contributed by atoms with Gasteiger partial charge in [0.15, 0.2) is 0 Å². The first-order chi connectivity index (χ1) is 6.68. The lowest BCUT2D eigenvalue weighted by molar-refractivity contribution is 0.0654. The summed E-state index contributed by atoms with van der Waals surface area (Å²) < 4.78 is 4.89. The number of aryl methyl sites for hydroxylation is 1. The number of carboxylic acid groups (broad SMARTS) is 1. The van der Waals surface area contributed by atoms with Crippen molar-refractivity contribution in [2.45, 2.75) is 6.92 Å². The van der Waals surface area contributed by atoms with Gasteiger partial charge in [-0.25, -0.2) is 4.79 Å². The van der Waals surface area contributed by atoms with Crippen LogP contribution < -0.4 is 0 Å². The summed E-state index contributed by atoms with van der Waals surface area (Å²) in [6, 6.07) is 0. The van der Waals surface area contributed by atoms with Gasteiger partial charge in [0.1, 0.15) is 0 Å². The fourth-order valence-corrected chi connectivity index (χ4v) is 0.985. The molecule has 0 aliphatic carbocycles. The van der Waals surface area contributed by atoms with E-state index < -0.39 is 11.9 Å². The molecule has 0 unspecified atom stereocenters. The van der Waals surface area contributed by atoms with Gasteiger partial charge in [0, 0.05) is 5.69 Å². The number of hydrogen-bond acceptors (Lipinski definition) is 5. The van der Waals surface area contributed by atoms with Gasteiger partial charge in [-0.3, -0.25) is 5.10 Å². The second kappa shape index (κ2) is 2.95. The van der Waals surface area contributed by atoms with Crippen LogP contribution in [0.4, 0.5) is 0 Å². The number of aromatic amines is 1. The highest BCUT2D eigenvalue weighted by atomic mass is 16.4. The molecule has 0 amide bonds. The molecule has 0 saturated heterocycles. The summed E-state index contributed by atoms with van der Waals surface area (Å²) in [4.78, 5) is 10.4. The van der Waals surface area contributed by atoms with Crippen LogP contribution in [0, 0.1) is 6.92 Å². The quantitative estimate of drug-likeness (QED) is 0.719. The van der Waals surface area contributed by atoms with Crippen molar-refractivity contribution in [1.82, 2.24) is 20.4 Å². The lowest BCUT2D eigenvalue weighted by Gasteiger charge is -1.88. The van der Waals surface area contributed by atoms with Gasteiger partial charge in [-0.2, -0.15) is 5.10 Å². The van der Waals surface area contributed by atoms with Crippen molar-refractivity contribution < 1.29 is 14.3 Å². The SMILES string of the molecule is Cc1[nH]ncc1-c1nnc(C(=O)O)o1. The maximum Gasteiger partial charge on any atom is 0.393 e. The average molecular weight is 194 g/mol. The summed E-state index contributed by atoms with van der Waals surface area (Å²) in [6.07, 6.45) is 1.49. The Morgan fingerprint density at radius 3 is 2.86 bits per heavy atom. The number of aromatic carboxylic acids is 1. The van der Waals surface area contributed by atoms with Crippen LogP contribution in [0.3, 0.4) is 0 Å². The topological polar surface area (TPSA) is 105 Å². The molecule has 0 spiro atoms. The zero-order valence-corrected chi connectivity index (χ0v) is 7.18. The minimum atomic E-state index is -1.25. The van der Waals surface area contributed by atoms with E-state index in [9.17, 15) is 4.79 Å². The second-order valence-corrected chi connectivity index (χ2v) is 2.63. The molecule has 0 atom stereocenters. The van der Waals surface area contributed by atoms with E-state index in [1.54, 1.807) is 6.92 Å². The maximum atomic E-state index is 10.4. The van der Waals surface area contributed by atoms with Gasteiger partial charge >= 0.3 is 11.9 Å². The van der Waals surface area contributed by atoms with Crippen molar-refractivity contribution >= 4 is 5.97 Å². The van der Waals surface area contributed by atoms with Crippen molar-refractivity contribution in [2.24, 2.45) is 0 Å². The average Bonchev–Trinajstić information content (AvgIpc) is 2.71. The van der Waals surface area contributed by atoms with E-state index >= 15 is 0 Å². The van der Waals surface area contributed by atoms with Crippen LogP contribution in [0.5, 0.6) is 0 Å². The van der Waals surface area contributed by atoms with E-state index in [-0.39, 0.29) is 5.89 Å². The molecule has 2 N–H and O–H groups in total. The van der Waals surface area contributed by atoms with Crippen LogP contribution in [0.25, 0.3) is 11.5 Å². The van der Waals surface area contributed by atoms with Crippen LogP contribution in [0.1, 0.15) is 16.4 Å². The molecule has 7 heteroatoms.